The second-order valence-corrected chi connectivity index (χ2v) is 3.51. The van der Waals surface area contributed by atoms with E-state index in [1.807, 2.05) is 0 Å². The maximum atomic E-state index is 11.2. The highest BCUT2D eigenvalue weighted by Gasteiger charge is 2.16. The Balaban J connectivity index is 3.88. The number of rotatable bonds is 1. The molecule has 0 heterocycles. The first kappa shape index (κ1) is 11.5. The molecule has 2 N–H and O–H groups in total. The van der Waals surface area contributed by atoms with Gasteiger partial charge in [-0.2, -0.15) is 0 Å². The van der Waals surface area contributed by atoms with Crippen molar-refractivity contribution in [2.24, 2.45) is 0 Å². The fourth-order valence-corrected chi connectivity index (χ4v) is 1.65. The number of hydrogen-bond donors (Lipinski definition) is 2. The van der Waals surface area contributed by atoms with Crippen LogP contribution in [0.2, 0.25) is 5.02 Å². The van der Waals surface area contributed by atoms with Crippen LogP contribution in [-0.4, -0.2) is 16.0 Å². The lowest BCUT2D eigenvalue weighted by molar-refractivity contribution is 0.101. The highest BCUT2D eigenvalue weighted by atomic mass is 35.5. The van der Waals surface area contributed by atoms with Crippen LogP contribution in [0.15, 0.2) is 10.9 Å². The zero-order chi connectivity index (χ0) is 11.7. The molecule has 15 heavy (non-hydrogen) atoms. The van der Waals surface area contributed by atoms with Crippen molar-refractivity contribution in [1.29, 1.82) is 0 Å². The SMILES string of the molecule is CC(=O)c1c(C)cc(=O)c(O)c(O)c1Cl. The van der Waals surface area contributed by atoms with Gasteiger partial charge in [0.15, 0.2) is 11.5 Å². The summed E-state index contributed by atoms with van der Waals surface area (Å²) in [5.41, 5.74) is -0.431. The molecule has 0 aromatic heterocycles. The van der Waals surface area contributed by atoms with Crippen LogP contribution in [0.4, 0.5) is 0 Å². The maximum Gasteiger partial charge on any atom is 0.224 e. The van der Waals surface area contributed by atoms with Gasteiger partial charge in [0.05, 0.1) is 5.02 Å². The molecule has 0 bridgehead atoms. The molecule has 0 atom stereocenters. The van der Waals surface area contributed by atoms with Crippen LogP contribution in [0, 0.1) is 6.92 Å². The smallest absolute Gasteiger partial charge is 0.224 e. The zero-order valence-electron chi connectivity index (χ0n) is 8.17. The van der Waals surface area contributed by atoms with Crippen molar-refractivity contribution in [2.45, 2.75) is 13.8 Å². The minimum absolute atomic E-state index is 0.0339. The van der Waals surface area contributed by atoms with Crippen molar-refractivity contribution in [3.63, 3.8) is 0 Å². The van der Waals surface area contributed by atoms with E-state index in [2.05, 4.69) is 0 Å². The lowest BCUT2D eigenvalue weighted by Gasteiger charge is -1.99. The number of aryl methyl sites for hydroxylation is 1. The predicted molar refractivity (Wildman–Crippen MR) is 55.8 cm³/mol. The summed E-state index contributed by atoms with van der Waals surface area (Å²) in [4.78, 5) is 22.4. The highest BCUT2D eigenvalue weighted by Crippen LogP contribution is 2.33. The summed E-state index contributed by atoms with van der Waals surface area (Å²) >= 11 is 5.69. The standard InChI is InChI=1S/C10H9ClO4/c1-4-3-6(13)9(14)10(15)8(11)7(4)5(2)12/h3H,1-2H3,(H2,13,14,15). The Kier molecular flexibility index (Phi) is 3.00. The summed E-state index contributed by atoms with van der Waals surface area (Å²) in [6.07, 6.45) is 0. The maximum absolute atomic E-state index is 11.2. The molecule has 0 spiro atoms. The predicted octanol–water partition coefficient (Wildman–Crippen LogP) is 1.62. The van der Waals surface area contributed by atoms with Crippen molar-refractivity contribution in [2.75, 3.05) is 0 Å². The Morgan fingerprint density at radius 3 is 2.33 bits per heavy atom. The number of ketones is 1. The van der Waals surface area contributed by atoms with Gasteiger partial charge in [-0.1, -0.05) is 11.6 Å². The average Bonchev–Trinajstić information content (AvgIpc) is 2.19. The van der Waals surface area contributed by atoms with Gasteiger partial charge >= 0.3 is 0 Å². The van der Waals surface area contributed by atoms with Gasteiger partial charge in [-0.15, -0.1) is 0 Å². The van der Waals surface area contributed by atoms with E-state index in [-0.39, 0.29) is 16.4 Å². The van der Waals surface area contributed by atoms with Crippen molar-refractivity contribution >= 4 is 17.4 Å². The van der Waals surface area contributed by atoms with Gasteiger partial charge in [0.25, 0.3) is 0 Å². The molecule has 0 aliphatic heterocycles. The molecule has 1 aromatic carbocycles. The van der Waals surface area contributed by atoms with Crippen LogP contribution in [-0.2, 0) is 0 Å². The lowest BCUT2D eigenvalue weighted by Crippen LogP contribution is -1.97. The molecule has 0 aliphatic rings. The van der Waals surface area contributed by atoms with Gasteiger partial charge < -0.3 is 10.2 Å². The number of aromatic hydroxyl groups is 2. The van der Waals surface area contributed by atoms with Crippen molar-refractivity contribution in [3.05, 3.63) is 32.4 Å². The summed E-state index contributed by atoms with van der Waals surface area (Å²) < 4.78 is 0. The summed E-state index contributed by atoms with van der Waals surface area (Å²) in [6, 6.07) is 1.05. The van der Waals surface area contributed by atoms with Gasteiger partial charge in [0, 0.05) is 5.56 Å². The first-order chi connectivity index (χ1) is 6.86. The lowest BCUT2D eigenvalue weighted by atomic mass is 10.1. The topological polar surface area (TPSA) is 74.6 Å². The highest BCUT2D eigenvalue weighted by molar-refractivity contribution is 6.35. The van der Waals surface area contributed by atoms with Crippen molar-refractivity contribution in [1.82, 2.24) is 0 Å². The van der Waals surface area contributed by atoms with E-state index >= 15 is 0 Å². The van der Waals surface area contributed by atoms with Crippen LogP contribution >= 0.6 is 11.6 Å². The summed E-state index contributed by atoms with van der Waals surface area (Å²) in [5, 5.41) is 18.3. The summed E-state index contributed by atoms with van der Waals surface area (Å²) in [6.45, 7) is 2.76. The van der Waals surface area contributed by atoms with Crippen LogP contribution in [0.25, 0.3) is 0 Å². The largest absolute Gasteiger partial charge is 0.503 e. The molecule has 0 saturated heterocycles. The quantitative estimate of drug-likeness (QED) is 0.717. The average molecular weight is 229 g/mol. The molecule has 0 aliphatic carbocycles. The number of Topliss-reactive ketones (excluding diaryl/α,β-unsaturated/α-hetero) is 1. The minimum Gasteiger partial charge on any atom is -0.503 e. The normalized spacial score (nSPS) is 10.1. The minimum atomic E-state index is -0.851. The number of hydrogen-bond acceptors (Lipinski definition) is 4. The van der Waals surface area contributed by atoms with Crippen molar-refractivity contribution < 1.29 is 15.0 Å². The van der Waals surface area contributed by atoms with Crippen molar-refractivity contribution in [3.8, 4) is 11.5 Å². The fraction of sp³-hybridized carbons (Fsp3) is 0.200. The van der Waals surface area contributed by atoms with Gasteiger partial charge in [-0.05, 0) is 25.5 Å². The Hall–Kier alpha value is -1.55. The first-order valence-electron chi connectivity index (χ1n) is 4.12. The molecule has 80 valence electrons. The molecule has 0 saturated carbocycles. The van der Waals surface area contributed by atoms with E-state index in [4.69, 9.17) is 11.6 Å². The molecule has 0 amide bonds. The van der Waals surface area contributed by atoms with Crippen LogP contribution in [0.1, 0.15) is 22.8 Å². The van der Waals surface area contributed by atoms with Crippen LogP contribution in [0.3, 0.4) is 0 Å². The molecule has 1 rings (SSSR count). The molecular weight excluding hydrogens is 220 g/mol. The van der Waals surface area contributed by atoms with Gasteiger partial charge in [0.2, 0.25) is 11.2 Å². The van der Waals surface area contributed by atoms with E-state index in [9.17, 15) is 19.8 Å². The second kappa shape index (κ2) is 3.90. The molecule has 0 radical (unpaired) electrons. The van der Waals surface area contributed by atoms with E-state index in [0.29, 0.717) is 5.56 Å². The third-order valence-electron chi connectivity index (χ3n) is 1.98. The number of carbonyl (C=O) groups excluding carboxylic acids is 1. The fourth-order valence-electron chi connectivity index (χ4n) is 1.28. The van der Waals surface area contributed by atoms with E-state index in [0.717, 1.165) is 6.07 Å². The van der Waals surface area contributed by atoms with Gasteiger partial charge in [0.1, 0.15) is 0 Å². The molecular formula is C10H9ClO4. The molecule has 1 aromatic rings. The number of halogens is 1. The van der Waals surface area contributed by atoms with Crippen LogP contribution in [0.5, 0.6) is 11.5 Å². The van der Waals surface area contributed by atoms with Gasteiger partial charge in [-0.3, -0.25) is 9.59 Å². The Bertz CT molecular complexity index is 494. The molecule has 0 fully saturated rings. The Morgan fingerprint density at radius 2 is 1.87 bits per heavy atom. The summed E-state index contributed by atoms with van der Waals surface area (Å²) in [7, 11) is 0. The second-order valence-electron chi connectivity index (χ2n) is 3.13. The first-order valence-corrected chi connectivity index (χ1v) is 4.50. The number of carbonyl (C=O) groups is 1. The summed E-state index contributed by atoms with van der Waals surface area (Å²) in [5.74, 6) is -2.00. The zero-order valence-corrected chi connectivity index (χ0v) is 8.92. The third kappa shape index (κ3) is 1.94. The van der Waals surface area contributed by atoms with Crippen LogP contribution < -0.4 is 5.43 Å². The Morgan fingerprint density at radius 1 is 1.33 bits per heavy atom. The molecule has 0 unspecified atom stereocenters. The third-order valence-corrected chi connectivity index (χ3v) is 2.35. The van der Waals surface area contributed by atoms with E-state index in [1.165, 1.54) is 13.8 Å². The monoisotopic (exact) mass is 228 g/mol. The van der Waals surface area contributed by atoms with Gasteiger partial charge in [-0.25, -0.2) is 0 Å². The molecule has 4 nitrogen and oxygen atoms in total. The van der Waals surface area contributed by atoms with E-state index in [1.54, 1.807) is 0 Å². The molecule has 5 heteroatoms. The Labute approximate surface area is 90.8 Å². The van der Waals surface area contributed by atoms with E-state index < -0.39 is 16.9 Å².